The van der Waals surface area contributed by atoms with Crippen LogP contribution in [0.25, 0.3) is 10.9 Å². The Bertz CT molecular complexity index is 917. The van der Waals surface area contributed by atoms with Crippen LogP contribution in [0.4, 0.5) is 5.82 Å². The molecule has 2 aromatic heterocycles. The minimum Gasteiger partial charge on any atom is -0.477 e. The number of nitrogens with one attached hydrogen (secondary N) is 1. The van der Waals surface area contributed by atoms with E-state index in [-0.39, 0.29) is 18.1 Å². The number of aromatic nitrogens is 2. The molecule has 0 saturated heterocycles. The molecule has 1 aromatic carbocycles. The predicted octanol–water partition coefficient (Wildman–Crippen LogP) is 3.30. The molecule has 2 heterocycles. The third kappa shape index (κ3) is 2.83. The summed E-state index contributed by atoms with van der Waals surface area (Å²) in [5, 5.41) is 11.7. The number of nitrogens with zero attached hydrogens (tertiary/aromatic N) is 2. The molecule has 122 valence electrons. The Morgan fingerprint density at radius 1 is 1.33 bits per heavy atom. The van der Waals surface area contributed by atoms with E-state index >= 15 is 0 Å². The van der Waals surface area contributed by atoms with E-state index in [0.29, 0.717) is 5.56 Å². The second-order valence-corrected chi connectivity index (χ2v) is 5.19. The summed E-state index contributed by atoms with van der Waals surface area (Å²) >= 11 is 0. The highest BCUT2D eigenvalue weighted by atomic mass is 16.6. The van der Waals surface area contributed by atoms with Crippen LogP contribution in [0.2, 0.25) is 0 Å². The van der Waals surface area contributed by atoms with E-state index in [1.807, 2.05) is 25.1 Å². The summed E-state index contributed by atoms with van der Waals surface area (Å²) in [5.41, 5.74) is 2.55. The number of ketones is 1. The van der Waals surface area contributed by atoms with Crippen molar-refractivity contribution in [2.24, 2.45) is 0 Å². The molecule has 0 bridgehead atoms. The molecule has 7 nitrogen and oxygen atoms in total. The third-order valence-electron chi connectivity index (χ3n) is 3.77. The topological polar surface area (TPSA) is 98.1 Å². The molecular weight excluding hydrogens is 310 g/mol. The van der Waals surface area contributed by atoms with Crippen LogP contribution in [0.5, 0.6) is 5.75 Å². The number of H-pyrrole nitrogens is 1. The Hall–Kier alpha value is -3.22. The molecule has 24 heavy (non-hydrogen) atoms. The molecule has 0 spiro atoms. The average molecular weight is 325 g/mol. The fraction of sp³-hybridized carbons (Fsp3) is 0.176. The summed E-state index contributed by atoms with van der Waals surface area (Å²) in [6, 6.07) is 8.71. The number of rotatable bonds is 6. The first-order chi connectivity index (χ1) is 11.6. The van der Waals surface area contributed by atoms with Crippen molar-refractivity contribution in [1.82, 2.24) is 9.97 Å². The van der Waals surface area contributed by atoms with Crippen molar-refractivity contribution in [2.75, 3.05) is 6.61 Å². The number of hydrogen-bond acceptors (Lipinski definition) is 5. The van der Waals surface area contributed by atoms with Gasteiger partial charge in [0.2, 0.25) is 11.5 Å². The van der Waals surface area contributed by atoms with Gasteiger partial charge >= 0.3 is 5.82 Å². The molecule has 7 heteroatoms. The van der Waals surface area contributed by atoms with E-state index < -0.39 is 10.7 Å². The fourth-order valence-corrected chi connectivity index (χ4v) is 2.60. The van der Waals surface area contributed by atoms with Crippen LogP contribution >= 0.6 is 0 Å². The van der Waals surface area contributed by atoms with Gasteiger partial charge in [0.15, 0.2) is 6.61 Å². The number of fused-ring (bicyclic) bond motifs is 1. The largest absolute Gasteiger partial charge is 0.477 e. The SMILES string of the molecule is CCc1cccc2c(C(=O)COc3cccnc3[N+](=O)[O-])c[nH]c12. The molecule has 0 atom stereocenters. The van der Waals surface area contributed by atoms with E-state index in [1.54, 1.807) is 6.20 Å². The molecule has 3 rings (SSSR count). The average Bonchev–Trinajstić information content (AvgIpc) is 3.04. The quantitative estimate of drug-likeness (QED) is 0.426. The van der Waals surface area contributed by atoms with Gasteiger partial charge in [-0.1, -0.05) is 25.1 Å². The third-order valence-corrected chi connectivity index (χ3v) is 3.77. The first-order valence-electron chi connectivity index (χ1n) is 7.46. The molecule has 0 radical (unpaired) electrons. The van der Waals surface area contributed by atoms with Crippen LogP contribution in [0.3, 0.4) is 0 Å². The van der Waals surface area contributed by atoms with Crippen LogP contribution in [-0.2, 0) is 6.42 Å². The van der Waals surface area contributed by atoms with Gasteiger partial charge in [-0.15, -0.1) is 0 Å². The van der Waals surface area contributed by atoms with Crippen molar-refractivity contribution in [3.63, 3.8) is 0 Å². The molecule has 0 aliphatic carbocycles. The van der Waals surface area contributed by atoms with Gasteiger partial charge in [0.05, 0.1) is 0 Å². The second kappa shape index (κ2) is 6.49. The summed E-state index contributed by atoms with van der Waals surface area (Å²) in [7, 11) is 0. The molecule has 0 aliphatic rings. The summed E-state index contributed by atoms with van der Waals surface area (Å²) < 4.78 is 5.32. The minimum atomic E-state index is -0.640. The fourth-order valence-electron chi connectivity index (χ4n) is 2.60. The summed E-state index contributed by atoms with van der Waals surface area (Å²) in [5.74, 6) is -0.685. The van der Waals surface area contributed by atoms with Crippen molar-refractivity contribution in [3.05, 3.63) is 64.0 Å². The van der Waals surface area contributed by atoms with E-state index in [0.717, 1.165) is 22.9 Å². The van der Waals surface area contributed by atoms with E-state index in [2.05, 4.69) is 9.97 Å². The highest BCUT2D eigenvalue weighted by molar-refractivity contribution is 6.09. The highest BCUT2D eigenvalue weighted by Crippen LogP contribution is 2.25. The normalized spacial score (nSPS) is 10.7. The van der Waals surface area contributed by atoms with Crippen LogP contribution in [0.1, 0.15) is 22.8 Å². The molecule has 0 saturated carbocycles. The van der Waals surface area contributed by atoms with Gasteiger partial charge < -0.3 is 19.8 Å². The molecule has 0 amide bonds. The number of para-hydroxylation sites is 1. The number of Topliss-reactive ketones (excluding diaryl/α,β-unsaturated/α-hetero) is 1. The number of carbonyl (C=O) groups excluding carboxylic acids is 1. The number of aryl methyl sites for hydroxylation is 1. The van der Waals surface area contributed by atoms with Crippen LogP contribution in [-0.4, -0.2) is 27.3 Å². The van der Waals surface area contributed by atoms with Crippen molar-refractivity contribution in [2.45, 2.75) is 13.3 Å². The van der Waals surface area contributed by atoms with Crippen molar-refractivity contribution < 1.29 is 14.5 Å². The smallest absolute Gasteiger partial charge is 0.406 e. The van der Waals surface area contributed by atoms with Crippen LogP contribution in [0, 0.1) is 10.1 Å². The molecule has 0 unspecified atom stereocenters. The molecule has 0 aliphatic heterocycles. The van der Waals surface area contributed by atoms with E-state index in [1.165, 1.54) is 18.3 Å². The predicted molar refractivity (Wildman–Crippen MR) is 88.4 cm³/mol. The zero-order valence-electron chi connectivity index (χ0n) is 13.0. The number of hydrogen-bond donors (Lipinski definition) is 1. The Morgan fingerprint density at radius 3 is 2.92 bits per heavy atom. The Balaban J connectivity index is 1.83. The maximum absolute atomic E-state index is 12.4. The van der Waals surface area contributed by atoms with Gasteiger partial charge in [0.25, 0.3) is 0 Å². The standard InChI is InChI=1S/C17H15N3O4/c1-2-11-5-3-6-12-13(9-19-16(11)12)14(21)10-24-15-7-4-8-18-17(15)20(22)23/h3-9,19H,2,10H2,1H3. The Labute approximate surface area is 137 Å². The van der Waals surface area contributed by atoms with Gasteiger partial charge in [0.1, 0.15) is 6.20 Å². The second-order valence-electron chi connectivity index (χ2n) is 5.19. The number of benzene rings is 1. The molecule has 0 fully saturated rings. The van der Waals surface area contributed by atoms with Crippen LogP contribution < -0.4 is 4.74 Å². The number of carbonyl (C=O) groups is 1. The highest BCUT2D eigenvalue weighted by Gasteiger charge is 2.19. The van der Waals surface area contributed by atoms with Gasteiger partial charge in [-0.3, -0.25) is 4.79 Å². The maximum atomic E-state index is 12.4. The molecule has 1 N–H and O–H groups in total. The summed E-state index contributed by atoms with van der Waals surface area (Å²) in [6.07, 6.45) is 3.80. The lowest BCUT2D eigenvalue weighted by Gasteiger charge is -2.05. The number of nitro groups is 1. The van der Waals surface area contributed by atoms with Crippen molar-refractivity contribution in [1.29, 1.82) is 0 Å². The zero-order valence-corrected chi connectivity index (χ0v) is 13.0. The van der Waals surface area contributed by atoms with Crippen molar-refractivity contribution in [3.8, 4) is 5.75 Å². The zero-order chi connectivity index (χ0) is 17.1. The van der Waals surface area contributed by atoms with Crippen molar-refractivity contribution >= 4 is 22.5 Å². The first-order valence-corrected chi connectivity index (χ1v) is 7.46. The maximum Gasteiger partial charge on any atom is 0.406 e. The van der Waals surface area contributed by atoms with E-state index in [4.69, 9.17) is 4.74 Å². The van der Waals surface area contributed by atoms with Gasteiger partial charge in [-0.2, -0.15) is 0 Å². The molecule has 3 aromatic rings. The lowest BCUT2D eigenvalue weighted by atomic mass is 10.1. The lowest BCUT2D eigenvalue weighted by Crippen LogP contribution is -2.12. The Morgan fingerprint density at radius 2 is 2.17 bits per heavy atom. The first kappa shape index (κ1) is 15.7. The summed E-state index contributed by atoms with van der Waals surface area (Å²) in [4.78, 5) is 29.5. The van der Waals surface area contributed by atoms with Crippen LogP contribution in [0.15, 0.2) is 42.7 Å². The monoisotopic (exact) mass is 325 g/mol. The van der Waals surface area contributed by atoms with Gasteiger partial charge in [-0.05, 0) is 34.0 Å². The van der Waals surface area contributed by atoms with E-state index in [9.17, 15) is 14.9 Å². The lowest BCUT2D eigenvalue weighted by molar-refractivity contribution is -0.390. The van der Waals surface area contributed by atoms with Gasteiger partial charge in [0, 0.05) is 22.7 Å². The number of ether oxygens (including phenoxy) is 1. The number of aromatic amines is 1. The molecular formula is C17H15N3O4. The van der Waals surface area contributed by atoms with Gasteiger partial charge in [-0.25, -0.2) is 0 Å². The number of pyridine rings is 1. The Kier molecular flexibility index (Phi) is 4.24. The summed E-state index contributed by atoms with van der Waals surface area (Å²) in [6.45, 7) is 1.75. The minimum absolute atomic E-state index is 0.0232.